The summed E-state index contributed by atoms with van der Waals surface area (Å²) in [6.45, 7) is 1.90. The van der Waals surface area contributed by atoms with Crippen molar-refractivity contribution in [3.63, 3.8) is 0 Å². The van der Waals surface area contributed by atoms with Crippen LogP contribution in [0.5, 0.6) is 0 Å². The molecule has 1 unspecified atom stereocenters. The quantitative estimate of drug-likeness (QED) is 0.611. The molecule has 0 N–H and O–H groups in total. The fourth-order valence-corrected chi connectivity index (χ4v) is 4.76. The number of piperidine rings is 1. The van der Waals surface area contributed by atoms with Crippen LogP contribution < -0.4 is 0 Å². The molecule has 3 aliphatic rings. The largest absolute Gasteiger partial charge is 0.395 e. The summed E-state index contributed by atoms with van der Waals surface area (Å²) in [7, 11) is 0. The molecule has 7 nitrogen and oxygen atoms in total. The molecular formula is C22H26F4N6O. The van der Waals surface area contributed by atoms with Gasteiger partial charge < -0.3 is 4.90 Å². The average Bonchev–Trinajstić information content (AvgIpc) is 3.69. The molecule has 2 aliphatic carbocycles. The van der Waals surface area contributed by atoms with Crippen molar-refractivity contribution < 1.29 is 22.4 Å². The number of likely N-dealkylation sites (tertiary alicyclic amines) is 1. The molecular weight excluding hydrogens is 440 g/mol. The molecule has 0 bridgehead atoms. The first-order valence-corrected chi connectivity index (χ1v) is 11.3. The Balaban J connectivity index is 1.27. The molecule has 0 radical (unpaired) electrons. The molecule has 2 aromatic rings. The molecule has 1 saturated heterocycles. The number of nitrogens with zero attached hydrogens (tertiary/aromatic N) is 6. The van der Waals surface area contributed by atoms with Crippen LogP contribution in [0.4, 0.5) is 17.6 Å². The maximum Gasteiger partial charge on any atom is 0.395 e. The zero-order valence-electron chi connectivity index (χ0n) is 18.3. The predicted octanol–water partition coefficient (Wildman–Crippen LogP) is 3.33. The summed E-state index contributed by atoms with van der Waals surface area (Å²) in [4.78, 5) is 29.1. The van der Waals surface area contributed by atoms with Gasteiger partial charge in [0.05, 0.1) is 17.0 Å². The second-order valence-corrected chi connectivity index (χ2v) is 9.45. The van der Waals surface area contributed by atoms with Crippen LogP contribution in [0.2, 0.25) is 0 Å². The van der Waals surface area contributed by atoms with E-state index >= 15 is 4.39 Å². The van der Waals surface area contributed by atoms with Crippen LogP contribution in [-0.2, 0) is 0 Å². The summed E-state index contributed by atoms with van der Waals surface area (Å²) < 4.78 is 56.9. The Hall–Kier alpha value is -2.56. The number of carbonyl (C=O) groups excluding carboxylic acids is 1. The fraction of sp³-hybridized carbons (Fsp3) is 0.636. The van der Waals surface area contributed by atoms with Crippen LogP contribution in [0.3, 0.4) is 0 Å². The molecule has 2 saturated carbocycles. The molecule has 1 amide bonds. The van der Waals surface area contributed by atoms with Gasteiger partial charge in [-0.3, -0.25) is 14.3 Å². The van der Waals surface area contributed by atoms with Crippen molar-refractivity contribution in [2.45, 2.75) is 63.5 Å². The Morgan fingerprint density at radius 1 is 1.18 bits per heavy atom. The van der Waals surface area contributed by atoms with Gasteiger partial charge in [0.2, 0.25) is 5.95 Å². The lowest BCUT2D eigenvalue weighted by atomic mass is 9.97. The number of aromatic nitrogens is 4. The van der Waals surface area contributed by atoms with E-state index < -0.39 is 23.8 Å². The third-order valence-corrected chi connectivity index (χ3v) is 7.03. The van der Waals surface area contributed by atoms with Gasteiger partial charge in [-0.05, 0) is 39.0 Å². The van der Waals surface area contributed by atoms with Gasteiger partial charge in [0.1, 0.15) is 12.0 Å². The van der Waals surface area contributed by atoms with Gasteiger partial charge in [-0.1, -0.05) is 0 Å². The van der Waals surface area contributed by atoms with Gasteiger partial charge in [-0.25, -0.2) is 19.3 Å². The predicted molar refractivity (Wildman–Crippen MR) is 111 cm³/mol. The van der Waals surface area contributed by atoms with Crippen molar-refractivity contribution in [2.75, 3.05) is 19.6 Å². The molecule has 2 atom stereocenters. The lowest BCUT2D eigenvalue weighted by Gasteiger charge is -2.42. The highest BCUT2D eigenvalue weighted by Crippen LogP contribution is 2.58. The number of hydrogen-bond acceptors (Lipinski definition) is 5. The number of rotatable bonds is 6. The van der Waals surface area contributed by atoms with E-state index in [1.54, 1.807) is 26.8 Å². The van der Waals surface area contributed by atoms with Crippen LogP contribution in [0.1, 0.15) is 48.3 Å². The minimum atomic E-state index is -4.26. The molecule has 33 heavy (non-hydrogen) atoms. The topological polar surface area (TPSA) is 67.2 Å². The molecule has 11 heteroatoms. The fourth-order valence-electron chi connectivity index (χ4n) is 4.76. The van der Waals surface area contributed by atoms with E-state index in [1.807, 2.05) is 6.92 Å². The third-order valence-electron chi connectivity index (χ3n) is 7.03. The van der Waals surface area contributed by atoms with Crippen molar-refractivity contribution in [3.05, 3.63) is 36.2 Å². The molecule has 3 heterocycles. The van der Waals surface area contributed by atoms with Crippen LogP contribution in [-0.4, -0.2) is 79.3 Å². The monoisotopic (exact) mass is 466 g/mol. The molecule has 0 aromatic carbocycles. The summed E-state index contributed by atoms with van der Waals surface area (Å²) >= 11 is 0. The smallest absolute Gasteiger partial charge is 0.330 e. The maximum absolute atomic E-state index is 15.2. The van der Waals surface area contributed by atoms with Gasteiger partial charge in [0.15, 0.2) is 0 Å². The van der Waals surface area contributed by atoms with Gasteiger partial charge in [0.25, 0.3) is 5.91 Å². The zero-order valence-corrected chi connectivity index (χ0v) is 18.3. The average molecular weight is 466 g/mol. The Bertz CT molecular complexity index is 1010. The van der Waals surface area contributed by atoms with Crippen LogP contribution in [0.15, 0.2) is 24.8 Å². The number of halogens is 4. The SMILES string of the molecule is Cc1nccn1-c1ncc(C(=O)N(C2CC2)C2CCN(CC3(C(F)(F)F)CC3)C[C@@H]2F)cn1. The molecule has 5 rings (SSSR count). The van der Waals surface area contributed by atoms with Gasteiger partial charge >= 0.3 is 6.18 Å². The maximum atomic E-state index is 15.2. The van der Waals surface area contributed by atoms with E-state index in [1.165, 1.54) is 12.4 Å². The molecule has 3 fully saturated rings. The molecule has 2 aromatic heterocycles. The minimum absolute atomic E-state index is 0.0483. The summed E-state index contributed by atoms with van der Waals surface area (Å²) in [5.74, 6) is 0.760. The first-order chi connectivity index (χ1) is 15.7. The van der Waals surface area contributed by atoms with E-state index in [2.05, 4.69) is 15.0 Å². The van der Waals surface area contributed by atoms with E-state index in [0.717, 1.165) is 12.8 Å². The molecule has 1 aliphatic heterocycles. The zero-order chi connectivity index (χ0) is 23.4. The second-order valence-electron chi connectivity index (χ2n) is 9.45. The van der Waals surface area contributed by atoms with E-state index in [-0.39, 0.29) is 43.4 Å². The molecule has 0 spiro atoms. The highest BCUT2D eigenvalue weighted by atomic mass is 19.4. The van der Waals surface area contributed by atoms with Crippen LogP contribution in [0.25, 0.3) is 5.95 Å². The Morgan fingerprint density at radius 3 is 2.39 bits per heavy atom. The first-order valence-electron chi connectivity index (χ1n) is 11.3. The second kappa shape index (κ2) is 8.03. The summed E-state index contributed by atoms with van der Waals surface area (Å²) in [6.07, 6.45) is 2.66. The van der Waals surface area contributed by atoms with E-state index in [4.69, 9.17) is 0 Å². The minimum Gasteiger partial charge on any atom is -0.330 e. The van der Waals surface area contributed by atoms with Gasteiger partial charge in [-0.2, -0.15) is 13.2 Å². The van der Waals surface area contributed by atoms with Crippen LogP contribution in [0, 0.1) is 12.3 Å². The standard InChI is InChI=1S/C22H26F4N6O/c1-14-27-7-9-31(14)20-28-10-15(11-29-20)19(33)32(16-2-3-16)18-4-8-30(12-17(18)23)13-21(5-6-21)22(24,25)26/h7,9-11,16-18H,2-6,8,12-13H2,1H3/t17-,18?/m0/s1. The van der Waals surface area contributed by atoms with E-state index in [0.29, 0.717) is 24.7 Å². The summed E-state index contributed by atoms with van der Waals surface area (Å²) in [6, 6.07) is -0.703. The van der Waals surface area contributed by atoms with Crippen molar-refractivity contribution >= 4 is 5.91 Å². The number of hydrogen-bond donors (Lipinski definition) is 0. The van der Waals surface area contributed by atoms with Crippen molar-refractivity contribution in [3.8, 4) is 5.95 Å². The normalized spacial score (nSPS) is 25.1. The number of amides is 1. The van der Waals surface area contributed by atoms with Gasteiger partial charge in [0, 0.05) is 50.5 Å². The highest BCUT2D eigenvalue weighted by molar-refractivity contribution is 5.94. The number of imidazole rings is 1. The summed E-state index contributed by atoms with van der Waals surface area (Å²) in [5.41, 5.74) is -1.41. The third kappa shape index (κ3) is 4.22. The highest BCUT2D eigenvalue weighted by Gasteiger charge is 2.63. The van der Waals surface area contributed by atoms with E-state index in [9.17, 15) is 18.0 Å². The Labute approximate surface area is 188 Å². The molecule has 178 valence electrons. The first kappa shape index (κ1) is 22.2. The van der Waals surface area contributed by atoms with Crippen molar-refractivity contribution in [2.24, 2.45) is 5.41 Å². The van der Waals surface area contributed by atoms with Crippen molar-refractivity contribution in [1.82, 2.24) is 29.3 Å². The van der Waals surface area contributed by atoms with Crippen molar-refractivity contribution in [1.29, 1.82) is 0 Å². The lowest BCUT2D eigenvalue weighted by molar-refractivity contribution is -0.193. The number of carbonyl (C=O) groups is 1. The Morgan fingerprint density at radius 2 is 1.88 bits per heavy atom. The summed E-state index contributed by atoms with van der Waals surface area (Å²) in [5, 5.41) is 0. The van der Waals surface area contributed by atoms with Gasteiger partial charge in [-0.15, -0.1) is 0 Å². The lowest BCUT2D eigenvalue weighted by Crippen LogP contribution is -2.56. The Kier molecular flexibility index (Phi) is 5.42. The number of aryl methyl sites for hydroxylation is 1. The number of alkyl halides is 4. The van der Waals surface area contributed by atoms with Crippen LogP contribution >= 0.6 is 0 Å².